The van der Waals surface area contributed by atoms with Crippen molar-refractivity contribution < 1.29 is 19.2 Å². The molecule has 4 aliphatic heterocycles. The molecule has 4 aliphatic rings. The van der Waals surface area contributed by atoms with E-state index in [0.29, 0.717) is 17.0 Å². The monoisotopic (exact) mass is 396 g/mol. The molecule has 8 nitrogen and oxygen atoms in total. The van der Waals surface area contributed by atoms with Crippen molar-refractivity contribution in [3.8, 4) is 0 Å². The van der Waals surface area contributed by atoms with Crippen LogP contribution in [0.1, 0.15) is 46.4 Å². The largest absolute Gasteiger partial charge is 0.371 e. The molecular weight excluding hydrogens is 372 g/mol. The van der Waals surface area contributed by atoms with Gasteiger partial charge in [0.15, 0.2) is 0 Å². The molecule has 1 aromatic carbocycles. The summed E-state index contributed by atoms with van der Waals surface area (Å²) in [7, 11) is 0. The van der Waals surface area contributed by atoms with E-state index >= 15 is 0 Å². The van der Waals surface area contributed by atoms with Gasteiger partial charge in [0.1, 0.15) is 6.04 Å². The fourth-order valence-electron chi connectivity index (χ4n) is 5.16. The second kappa shape index (κ2) is 6.95. The zero-order valence-electron chi connectivity index (χ0n) is 16.1. The molecule has 1 aromatic rings. The lowest BCUT2D eigenvalue weighted by molar-refractivity contribution is -0.136. The first-order chi connectivity index (χ1) is 14.0. The smallest absolute Gasteiger partial charge is 0.262 e. The number of carbonyl (C=O) groups is 4. The highest BCUT2D eigenvalue weighted by molar-refractivity contribution is 6.23. The molecule has 0 saturated carbocycles. The second-order valence-corrected chi connectivity index (χ2v) is 8.42. The molecule has 152 valence electrons. The molecule has 4 heterocycles. The van der Waals surface area contributed by atoms with Gasteiger partial charge in [0.25, 0.3) is 11.8 Å². The number of nitrogens with zero attached hydrogens (tertiary/aromatic N) is 2. The van der Waals surface area contributed by atoms with Crippen LogP contribution in [0.4, 0.5) is 5.69 Å². The Bertz CT molecular complexity index is 914. The number of amides is 4. The summed E-state index contributed by atoms with van der Waals surface area (Å²) in [4.78, 5) is 52.7. The molecule has 29 heavy (non-hydrogen) atoms. The van der Waals surface area contributed by atoms with E-state index in [-0.39, 0.29) is 18.7 Å². The van der Waals surface area contributed by atoms with E-state index in [2.05, 4.69) is 15.5 Å². The standard InChI is InChI=1S/C21H24N4O4/c26-18-4-3-17(19(27)23-18)25-20(28)15-2-1-14(9-16(15)21(25)29)24-8-6-12-5-7-22-10-13(12)11-24/h1-2,9,12-13,17,22H,3-8,10-11H2,(H,23,26,27). The van der Waals surface area contributed by atoms with Crippen molar-refractivity contribution in [1.82, 2.24) is 15.5 Å². The Kier molecular flexibility index (Phi) is 4.38. The zero-order chi connectivity index (χ0) is 20.1. The summed E-state index contributed by atoms with van der Waals surface area (Å²) >= 11 is 0. The van der Waals surface area contributed by atoms with Crippen LogP contribution in [0.3, 0.4) is 0 Å². The third-order valence-electron chi connectivity index (χ3n) is 6.78. The first kappa shape index (κ1) is 18.3. The van der Waals surface area contributed by atoms with Gasteiger partial charge in [-0.1, -0.05) is 0 Å². The Balaban J connectivity index is 1.38. The van der Waals surface area contributed by atoms with Crippen LogP contribution in [-0.2, 0) is 9.59 Å². The number of carbonyl (C=O) groups excluding carboxylic acids is 4. The van der Waals surface area contributed by atoms with Crippen LogP contribution in [0, 0.1) is 11.8 Å². The topological polar surface area (TPSA) is 98.8 Å². The summed E-state index contributed by atoms with van der Waals surface area (Å²) < 4.78 is 0. The second-order valence-electron chi connectivity index (χ2n) is 8.42. The fraction of sp³-hybridized carbons (Fsp3) is 0.524. The van der Waals surface area contributed by atoms with Crippen LogP contribution < -0.4 is 15.5 Å². The minimum atomic E-state index is -0.924. The van der Waals surface area contributed by atoms with Gasteiger partial charge < -0.3 is 10.2 Å². The molecule has 4 amide bonds. The van der Waals surface area contributed by atoms with Crippen LogP contribution in [-0.4, -0.2) is 60.7 Å². The average molecular weight is 396 g/mol. The van der Waals surface area contributed by atoms with Crippen molar-refractivity contribution in [1.29, 1.82) is 0 Å². The Morgan fingerprint density at radius 3 is 2.59 bits per heavy atom. The molecule has 3 fully saturated rings. The average Bonchev–Trinajstić information content (AvgIpc) is 2.98. The van der Waals surface area contributed by atoms with Crippen LogP contribution in [0.5, 0.6) is 0 Å². The van der Waals surface area contributed by atoms with Gasteiger partial charge in [0.05, 0.1) is 11.1 Å². The number of hydrogen-bond acceptors (Lipinski definition) is 6. The maximum absolute atomic E-state index is 13.0. The van der Waals surface area contributed by atoms with E-state index in [1.165, 1.54) is 6.42 Å². The van der Waals surface area contributed by atoms with Crippen LogP contribution in [0.25, 0.3) is 0 Å². The molecule has 0 radical (unpaired) electrons. The maximum atomic E-state index is 13.0. The van der Waals surface area contributed by atoms with Gasteiger partial charge >= 0.3 is 0 Å². The number of fused-ring (bicyclic) bond motifs is 2. The summed E-state index contributed by atoms with van der Waals surface area (Å²) in [6, 6.07) is 4.46. The quantitative estimate of drug-likeness (QED) is 0.708. The minimum Gasteiger partial charge on any atom is -0.371 e. The van der Waals surface area contributed by atoms with Crippen molar-refractivity contribution in [2.24, 2.45) is 11.8 Å². The van der Waals surface area contributed by atoms with Crippen molar-refractivity contribution in [2.75, 3.05) is 31.1 Å². The summed E-state index contributed by atoms with van der Waals surface area (Å²) in [5.41, 5.74) is 1.62. The zero-order valence-corrected chi connectivity index (χ0v) is 16.1. The van der Waals surface area contributed by atoms with Gasteiger partial charge in [-0.05, 0) is 62.4 Å². The minimum absolute atomic E-state index is 0.124. The predicted octanol–water partition coefficient (Wildman–Crippen LogP) is 0.524. The molecule has 3 saturated heterocycles. The van der Waals surface area contributed by atoms with E-state index in [1.54, 1.807) is 12.1 Å². The Hall–Kier alpha value is -2.74. The number of benzene rings is 1. The van der Waals surface area contributed by atoms with Gasteiger partial charge in [-0.3, -0.25) is 29.4 Å². The fourth-order valence-corrected chi connectivity index (χ4v) is 5.16. The predicted molar refractivity (Wildman–Crippen MR) is 104 cm³/mol. The van der Waals surface area contributed by atoms with Crippen molar-refractivity contribution >= 4 is 29.3 Å². The molecule has 8 heteroatoms. The molecule has 0 aliphatic carbocycles. The van der Waals surface area contributed by atoms with E-state index in [1.807, 2.05) is 6.07 Å². The lowest BCUT2D eigenvalue weighted by Crippen LogP contribution is -2.54. The van der Waals surface area contributed by atoms with Crippen molar-refractivity contribution in [3.05, 3.63) is 29.3 Å². The van der Waals surface area contributed by atoms with Crippen LogP contribution in [0.2, 0.25) is 0 Å². The van der Waals surface area contributed by atoms with Crippen molar-refractivity contribution in [2.45, 2.75) is 31.7 Å². The van der Waals surface area contributed by atoms with Gasteiger partial charge in [-0.25, -0.2) is 0 Å². The molecule has 0 spiro atoms. The highest BCUT2D eigenvalue weighted by atomic mass is 16.2. The molecule has 3 unspecified atom stereocenters. The molecule has 2 N–H and O–H groups in total. The van der Waals surface area contributed by atoms with Gasteiger partial charge in [0.2, 0.25) is 11.8 Å². The highest BCUT2D eigenvalue weighted by Crippen LogP contribution is 2.34. The molecule has 0 aromatic heterocycles. The van der Waals surface area contributed by atoms with E-state index < -0.39 is 23.8 Å². The molecule has 0 bridgehead atoms. The van der Waals surface area contributed by atoms with E-state index in [4.69, 9.17) is 0 Å². The summed E-state index contributed by atoms with van der Waals surface area (Å²) in [5.74, 6) is -0.499. The third-order valence-corrected chi connectivity index (χ3v) is 6.78. The highest BCUT2D eigenvalue weighted by Gasteiger charge is 2.45. The molecular formula is C21H24N4O4. The van der Waals surface area contributed by atoms with Crippen LogP contribution in [0.15, 0.2) is 18.2 Å². The van der Waals surface area contributed by atoms with Crippen molar-refractivity contribution in [3.63, 3.8) is 0 Å². The van der Waals surface area contributed by atoms with E-state index in [0.717, 1.165) is 49.1 Å². The number of hydrogen-bond donors (Lipinski definition) is 2. The molecule has 5 rings (SSSR count). The first-order valence-corrected chi connectivity index (χ1v) is 10.3. The lowest BCUT2D eigenvalue weighted by atomic mass is 9.80. The first-order valence-electron chi connectivity index (χ1n) is 10.3. The van der Waals surface area contributed by atoms with Gasteiger partial charge in [-0.2, -0.15) is 0 Å². The number of piperidine rings is 3. The summed E-state index contributed by atoms with van der Waals surface area (Å²) in [5, 5.41) is 5.69. The number of anilines is 1. The third kappa shape index (κ3) is 3.02. The van der Waals surface area contributed by atoms with Crippen LogP contribution >= 0.6 is 0 Å². The maximum Gasteiger partial charge on any atom is 0.262 e. The lowest BCUT2D eigenvalue weighted by Gasteiger charge is -2.42. The Morgan fingerprint density at radius 1 is 0.931 bits per heavy atom. The van der Waals surface area contributed by atoms with E-state index in [9.17, 15) is 19.2 Å². The number of nitrogens with one attached hydrogen (secondary N) is 2. The normalized spacial score (nSPS) is 29.6. The Labute approximate surface area is 168 Å². The van der Waals surface area contributed by atoms with Gasteiger partial charge in [0, 0.05) is 25.2 Å². The SMILES string of the molecule is O=C1CCC(N2C(=O)c3ccc(N4CCC5CCNCC5C4)cc3C2=O)C(=O)N1. The Morgan fingerprint density at radius 2 is 1.76 bits per heavy atom. The van der Waals surface area contributed by atoms with Gasteiger partial charge in [-0.15, -0.1) is 0 Å². The number of rotatable bonds is 2. The summed E-state index contributed by atoms with van der Waals surface area (Å²) in [6.07, 6.45) is 2.65. The number of imide groups is 2. The molecule has 3 atom stereocenters. The summed E-state index contributed by atoms with van der Waals surface area (Å²) in [6.45, 7) is 3.99.